The van der Waals surface area contributed by atoms with Crippen molar-refractivity contribution in [1.82, 2.24) is 35.4 Å². The van der Waals surface area contributed by atoms with Crippen LogP contribution in [0.2, 0.25) is 5.02 Å². The zero-order valence-corrected chi connectivity index (χ0v) is 38.7. The average Bonchev–Trinajstić information content (AvgIpc) is 3.86. The highest BCUT2D eigenvalue weighted by Crippen LogP contribution is 2.34. The number of piperidine rings is 1. The molecule has 2 fully saturated rings. The molecule has 17 nitrogen and oxygen atoms in total. The van der Waals surface area contributed by atoms with E-state index in [0.29, 0.717) is 78.8 Å². The number of carbonyl (C=O) groups is 7. The minimum atomic E-state index is -1.08. The number of halogens is 1. The van der Waals surface area contributed by atoms with E-state index >= 15 is 0 Å². The predicted octanol–water partition coefficient (Wildman–Crippen LogP) is 5.78. The third kappa shape index (κ3) is 12.2. The van der Waals surface area contributed by atoms with Gasteiger partial charge in [-0.3, -0.25) is 48.7 Å². The van der Waals surface area contributed by atoms with Crippen molar-refractivity contribution in [2.45, 2.75) is 90.5 Å². The summed E-state index contributed by atoms with van der Waals surface area (Å²) in [6, 6.07) is 11.0. The summed E-state index contributed by atoms with van der Waals surface area (Å²) < 4.78 is 5.71. The third-order valence-electron chi connectivity index (χ3n) is 11.9. The molecule has 4 aromatic rings. The number of ketones is 2. The number of nitrogens with one attached hydrogen (secondary N) is 3. The number of amides is 5. The number of rotatable bonds is 22. The van der Waals surface area contributed by atoms with Gasteiger partial charge in [0.1, 0.15) is 35.9 Å². The number of thiazole rings is 1. The number of fused-ring (bicyclic) bond motifs is 1. The highest BCUT2D eigenvalue weighted by Gasteiger charge is 2.46. The fraction of sp³-hybridized carbons (Fsp3) is 0.447. The van der Waals surface area contributed by atoms with Crippen LogP contribution in [0.4, 0.5) is 16.8 Å². The lowest BCUT2D eigenvalue weighted by molar-refractivity contribution is -0.136. The summed E-state index contributed by atoms with van der Waals surface area (Å²) >= 11 is 7.62. The van der Waals surface area contributed by atoms with Crippen LogP contribution in [-0.4, -0.2) is 118 Å². The van der Waals surface area contributed by atoms with Gasteiger partial charge in [-0.15, -0.1) is 0 Å². The monoisotopic (exact) mass is 939 g/mol. The van der Waals surface area contributed by atoms with Crippen molar-refractivity contribution in [2.24, 2.45) is 0 Å². The van der Waals surface area contributed by atoms with Gasteiger partial charge in [0.2, 0.25) is 17.7 Å². The van der Waals surface area contributed by atoms with Crippen LogP contribution in [0.25, 0.3) is 0 Å². The Bertz CT molecular complexity index is 2470. The van der Waals surface area contributed by atoms with Crippen LogP contribution in [-0.2, 0) is 25.6 Å². The molecule has 66 heavy (non-hydrogen) atoms. The molecule has 19 heteroatoms. The van der Waals surface area contributed by atoms with E-state index in [1.54, 1.807) is 18.3 Å². The second kappa shape index (κ2) is 22.4. The molecule has 2 aromatic heterocycles. The van der Waals surface area contributed by atoms with Gasteiger partial charge in [-0.25, -0.2) is 15.0 Å². The number of Topliss-reactive ketones (excluding diaryl/α,β-unsaturated/α-hetero) is 2. The van der Waals surface area contributed by atoms with Crippen LogP contribution >= 0.6 is 22.9 Å². The summed E-state index contributed by atoms with van der Waals surface area (Å²) in [6.07, 6.45) is 8.71. The molecule has 1 atom stereocenters. The van der Waals surface area contributed by atoms with Gasteiger partial charge in [0.15, 0.2) is 16.7 Å². The Morgan fingerprint density at radius 3 is 2.41 bits per heavy atom. The first kappa shape index (κ1) is 47.8. The van der Waals surface area contributed by atoms with Crippen LogP contribution in [0.1, 0.15) is 112 Å². The maximum Gasteiger partial charge on any atom is 0.266 e. The van der Waals surface area contributed by atoms with Gasteiger partial charge in [-0.1, -0.05) is 73.2 Å². The van der Waals surface area contributed by atoms with Crippen molar-refractivity contribution in [3.05, 3.63) is 86.6 Å². The summed E-state index contributed by atoms with van der Waals surface area (Å²) in [6.45, 7) is 7.33. The molecule has 0 radical (unpaired) electrons. The smallest absolute Gasteiger partial charge is 0.266 e. The van der Waals surface area contributed by atoms with Crippen molar-refractivity contribution < 1.29 is 38.3 Å². The number of benzene rings is 2. The molecule has 2 aromatic carbocycles. The molecule has 3 aliphatic rings. The van der Waals surface area contributed by atoms with Gasteiger partial charge >= 0.3 is 0 Å². The minimum absolute atomic E-state index is 0.00991. The molecule has 2 saturated heterocycles. The lowest BCUT2D eigenvalue weighted by Gasteiger charge is -2.35. The van der Waals surface area contributed by atoms with E-state index in [1.807, 2.05) is 32.0 Å². The number of imide groups is 2. The summed E-state index contributed by atoms with van der Waals surface area (Å²) in [5.41, 5.74) is 1.91. The number of aromatic nitrogens is 3. The fourth-order valence-electron chi connectivity index (χ4n) is 8.27. The molecule has 5 heterocycles. The first-order chi connectivity index (χ1) is 31.8. The molecular weight excluding hydrogens is 886 g/mol. The molecule has 0 aliphatic carbocycles. The first-order valence-corrected chi connectivity index (χ1v) is 23.6. The normalized spacial score (nSPS) is 16.3. The molecule has 0 saturated carbocycles. The van der Waals surface area contributed by atoms with Crippen molar-refractivity contribution in [3.8, 4) is 5.75 Å². The lowest BCUT2D eigenvalue weighted by Crippen LogP contribution is -2.54. The van der Waals surface area contributed by atoms with E-state index in [4.69, 9.17) is 16.3 Å². The van der Waals surface area contributed by atoms with Gasteiger partial charge in [-0.05, 0) is 62.4 Å². The second-order valence-corrected chi connectivity index (χ2v) is 18.2. The summed E-state index contributed by atoms with van der Waals surface area (Å²) in [4.78, 5) is 108. The topological polar surface area (TPSA) is 213 Å². The average molecular weight is 941 g/mol. The van der Waals surface area contributed by atoms with E-state index in [0.717, 1.165) is 60.4 Å². The van der Waals surface area contributed by atoms with E-state index < -0.39 is 29.7 Å². The third-order valence-corrected chi connectivity index (χ3v) is 13.2. The number of ether oxygens (including phenoxy) is 1. The van der Waals surface area contributed by atoms with Crippen LogP contribution in [0.15, 0.2) is 48.7 Å². The van der Waals surface area contributed by atoms with E-state index in [1.165, 1.54) is 23.5 Å². The Morgan fingerprint density at radius 2 is 1.65 bits per heavy atom. The molecule has 7 rings (SSSR count). The van der Waals surface area contributed by atoms with Crippen molar-refractivity contribution in [2.75, 3.05) is 56.1 Å². The van der Waals surface area contributed by atoms with Gasteiger partial charge in [0, 0.05) is 63.1 Å². The molecular formula is C47H54ClN9O8S. The largest absolute Gasteiger partial charge is 0.485 e. The molecule has 0 bridgehead atoms. The number of piperazine rings is 1. The van der Waals surface area contributed by atoms with Gasteiger partial charge in [0.25, 0.3) is 11.8 Å². The summed E-state index contributed by atoms with van der Waals surface area (Å²) in [5, 5.41) is 9.60. The molecule has 348 valence electrons. The molecule has 1 unspecified atom stereocenters. The van der Waals surface area contributed by atoms with Crippen LogP contribution in [0.3, 0.4) is 0 Å². The number of nitrogens with zero attached hydrogens (tertiary/aromatic N) is 6. The van der Waals surface area contributed by atoms with Crippen molar-refractivity contribution in [3.63, 3.8) is 0 Å². The number of hydrogen-bond acceptors (Lipinski definition) is 15. The quantitative estimate of drug-likeness (QED) is 0.0485. The van der Waals surface area contributed by atoms with Crippen molar-refractivity contribution in [1.29, 1.82) is 0 Å². The van der Waals surface area contributed by atoms with E-state index in [9.17, 15) is 33.6 Å². The maximum absolute atomic E-state index is 13.2. The Kier molecular flexibility index (Phi) is 16.2. The predicted molar refractivity (Wildman–Crippen MR) is 249 cm³/mol. The zero-order chi connectivity index (χ0) is 46.7. The Balaban J connectivity index is 0.725. The summed E-state index contributed by atoms with van der Waals surface area (Å²) in [5.74, 6) is -0.521. The standard InChI is InChI=1S/C47H54ClN9O8S/c1-29-12-10-15-34(48)33(29)24-36(59)38-26-50-47(66-38)53-39-25-40(52-30(2)51-39)56-22-20-55(21-23-56)27-42(61)49-19-9-7-5-3-4-6-8-13-31(58)28-65-37-16-11-14-32-43(37)46(64)57(45(32)63)35-17-18-41(60)54-44(35)62/h10-12,14-16,25-26,35H,3-9,13,17-24,27-28H2,1-2H3,(H,49,61)(H,54,60,62)(H,50,51,52,53). The van der Waals surface area contributed by atoms with Crippen LogP contribution in [0.5, 0.6) is 5.75 Å². The maximum atomic E-state index is 13.2. The fourth-order valence-corrected chi connectivity index (χ4v) is 9.32. The minimum Gasteiger partial charge on any atom is -0.485 e. The molecule has 5 amide bonds. The highest BCUT2D eigenvalue weighted by atomic mass is 35.5. The molecule has 3 N–H and O–H groups in total. The Labute approximate surface area is 392 Å². The van der Waals surface area contributed by atoms with Crippen LogP contribution in [0, 0.1) is 13.8 Å². The molecule has 3 aliphatic heterocycles. The highest BCUT2D eigenvalue weighted by molar-refractivity contribution is 7.17. The van der Waals surface area contributed by atoms with E-state index in [-0.39, 0.29) is 60.2 Å². The van der Waals surface area contributed by atoms with Gasteiger partial charge in [-0.2, -0.15) is 0 Å². The lowest BCUT2D eigenvalue weighted by atomic mass is 10.0. The Hall–Kier alpha value is -6.11. The van der Waals surface area contributed by atoms with Crippen LogP contribution < -0.4 is 25.6 Å². The van der Waals surface area contributed by atoms with Gasteiger partial charge < -0.3 is 20.3 Å². The Morgan fingerprint density at radius 1 is 0.909 bits per heavy atom. The van der Waals surface area contributed by atoms with Gasteiger partial charge in [0.05, 0.1) is 28.7 Å². The SMILES string of the molecule is Cc1nc(Nc2ncc(C(=O)Cc3c(C)cccc3Cl)s2)cc(N2CCN(CC(=O)NCCCCCCCCCC(=O)COc3cccc4c3C(=O)N(C3CCC(=O)NC3=O)C4=O)CC2)n1. The number of carbonyl (C=O) groups excluding carboxylic acids is 7. The van der Waals surface area contributed by atoms with Crippen molar-refractivity contribution >= 4 is 80.8 Å². The number of hydrogen-bond donors (Lipinski definition) is 3. The summed E-state index contributed by atoms with van der Waals surface area (Å²) in [7, 11) is 0. The first-order valence-electron chi connectivity index (χ1n) is 22.4. The number of unbranched alkanes of at least 4 members (excludes halogenated alkanes) is 6. The number of aryl methyl sites for hydroxylation is 2. The number of anilines is 3. The second-order valence-electron chi connectivity index (χ2n) is 16.7. The zero-order valence-electron chi connectivity index (χ0n) is 37.2. The molecule has 0 spiro atoms. The van der Waals surface area contributed by atoms with E-state index in [2.05, 4.69) is 40.7 Å².